The number of hydrogen-bond acceptors (Lipinski definition) is 4. The second-order valence-corrected chi connectivity index (χ2v) is 3.96. The van der Waals surface area contributed by atoms with Crippen molar-refractivity contribution < 1.29 is 4.92 Å². The number of rotatable bonds is 2. The maximum Gasteiger partial charge on any atom is 0.275 e. The summed E-state index contributed by atoms with van der Waals surface area (Å²) < 4.78 is 0. The number of nitrogens with zero attached hydrogens (tertiary/aromatic N) is 2. The van der Waals surface area contributed by atoms with Crippen LogP contribution in [0.2, 0.25) is 0 Å². The Hall–Kier alpha value is -2.61. The second-order valence-electron chi connectivity index (χ2n) is 3.96. The number of nitriles is 1. The minimum atomic E-state index is -0.431. The van der Waals surface area contributed by atoms with Gasteiger partial charge in [0.2, 0.25) is 0 Å². The van der Waals surface area contributed by atoms with Crippen LogP contribution in [0, 0.1) is 21.4 Å². The molecular weight excluding hydrogens is 230 g/mol. The van der Waals surface area contributed by atoms with Crippen molar-refractivity contribution in [1.82, 2.24) is 5.32 Å². The molecular formula is C13H11N3O2. The predicted molar refractivity (Wildman–Crippen MR) is 66.4 cm³/mol. The van der Waals surface area contributed by atoms with Crippen LogP contribution in [-0.4, -0.2) is 4.92 Å². The molecule has 0 unspecified atom stereocenters. The Bertz CT molecular complexity index is 594. The normalized spacial score (nSPS) is 15.1. The molecule has 1 heterocycles. The minimum Gasteiger partial charge on any atom is -0.352 e. The average Bonchev–Trinajstić information content (AvgIpc) is 2.39. The van der Waals surface area contributed by atoms with Gasteiger partial charge in [-0.1, -0.05) is 30.3 Å². The molecule has 1 N–H and O–H groups in total. The maximum absolute atomic E-state index is 11.1. The third-order valence-corrected chi connectivity index (χ3v) is 2.82. The molecule has 5 heteroatoms. The van der Waals surface area contributed by atoms with Gasteiger partial charge in [-0.3, -0.25) is 10.1 Å². The van der Waals surface area contributed by atoms with Crippen LogP contribution < -0.4 is 5.32 Å². The standard InChI is InChI=1S/C13H11N3O2/c1-9-11(8-14)7-12(16(17)18)13(15-9)10-5-3-2-4-6-10/h2-6,15H,7H2,1H3. The fourth-order valence-corrected chi connectivity index (χ4v) is 1.85. The zero-order valence-corrected chi connectivity index (χ0v) is 9.80. The van der Waals surface area contributed by atoms with Gasteiger partial charge in [0, 0.05) is 11.3 Å². The van der Waals surface area contributed by atoms with Crippen LogP contribution in [0.5, 0.6) is 0 Å². The lowest BCUT2D eigenvalue weighted by Crippen LogP contribution is -2.22. The van der Waals surface area contributed by atoms with Crippen LogP contribution in [0.1, 0.15) is 18.9 Å². The van der Waals surface area contributed by atoms with Crippen molar-refractivity contribution in [3.05, 3.63) is 63.0 Å². The van der Waals surface area contributed by atoms with Crippen molar-refractivity contribution in [2.45, 2.75) is 13.3 Å². The van der Waals surface area contributed by atoms with E-state index in [2.05, 4.69) is 5.32 Å². The molecule has 0 fully saturated rings. The Morgan fingerprint density at radius 3 is 2.61 bits per heavy atom. The van der Waals surface area contributed by atoms with Gasteiger partial charge < -0.3 is 5.32 Å². The average molecular weight is 241 g/mol. The van der Waals surface area contributed by atoms with Crippen molar-refractivity contribution in [2.24, 2.45) is 0 Å². The van der Waals surface area contributed by atoms with E-state index >= 15 is 0 Å². The lowest BCUT2D eigenvalue weighted by molar-refractivity contribution is -0.426. The van der Waals surface area contributed by atoms with Crippen molar-refractivity contribution >= 4 is 5.70 Å². The molecule has 1 aromatic rings. The lowest BCUT2D eigenvalue weighted by Gasteiger charge is -2.18. The van der Waals surface area contributed by atoms with Gasteiger partial charge in [-0.05, 0) is 6.92 Å². The van der Waals surface area contributed by atoms with Gasteiger partial charge in [-0.2, -0.15) is 5.26 Å². The Labute approximate surface area is 104 Å². The highest BCUT2D eigenvalue weighted by Gasteiger charge is 2.27. The molecule has 0 amide bonds. The summed E-state index contributed by atoms with van der Waals surface area (Å²) in [4.78, 5) is 10.7. The second kappa shape index (κ2) is 4.72. The molecule has 0 spiro atoms. The van der Waals surface area contributed by atoms with E-state index in [1.165, 1.54) is 0 Å². The van der Waals surface area contributed by atoms with E-state index in [1.54, 1.807) is 19.1 Å². The van der Waals surface area contributed by atoms with Gasteiger partial charge in [0.15, 0.2) is 0 Å². The quantitative estimate of drug-likeness (QED) is 0.637. The first-order valence-electron chi connectivity index (χ1n) is 5.43. The number of benzene rings is 1. The molecule has 1 aromatic carbocycles. The Morgan fingerprint density at radius 2 is 2.06 bits per heavy atom. The number of nitro groups is 1. The van der Waals surface area contributed by atoms with Crippen molar-refractivity contribution in [2.75, 3.05) is 0 Å². The molecule has 0 aromatic heterocycles. The summed E-state index contributed by atoms with van der Waals surface area (Å²) >= 11 is 0. The van der Waals surface area contributed by atoms with E-state index in [4.69, 9.17) is 5.26 Å². The summed E-state index contributed by atoms with van der Waals surface area (Å²) in [5.74, 6) is 0. The largest absolute Gasteiger partial charge is 0.352 e. The Kier molecular flexibility index (Phi) is 3.11. The van der Waals surface area contributed by atoms with Crippen LogP contribution in [0.4, 0.5) is 0 Å². The van der Waals surface area contributed by atoms with Gasteiger partial charge in [-0.25, -0.2) is 0 Å². The molecule has 1 aliphatic heterocycles. The van der Waals surface area contributed by atoms with Gasteiger partial charge in [0.05, 0.1) is 23.0 Å². The highest BCUT2D eigenvalue weighted by Crippen LogP contribution is 2.28. The van der Waals surface area contributed by atoms with Gasteiger partial charge in [0.25, 0.3) is 5.70 Å². The van der Waals surface area contributed by atoms with Crippen LogP contribution in [0.15, 0.2) is 47.3 Å². The van der Waals surface area contributed by atoms with Crippen LogP contribution >= 0.6 is 0 Å². The minimum absolute atomic E-state index is 0.0309. The van der Waals surface area contributed by atoms with E-state index in [9.17, 15) is 10.1 Å². The smallest absolute Gasteiger partial charge is 0.275 e. The van der Waals surface area contributed by atoms with Gasteiger partial charge in [0.1, 0.15) is 5.70 Å². The third-order valence-electron chi connectivity index (χ3n) is 2.82. The van der Waals surface area contributed by atoms with E-state index in [0.717, 1.165) is 5.56 Å². The molecule has 0 aliphatic carbocycles. The molecule has 0 bridgehead atoms. The zero-order chi connectivity index (χ0) is 13.1. The molecule has 0 atom stereocenters. The zero-order valence-electron chi connectivity index (χ0n) is 9.80. The Balaban J connectivity index is 2.50. The van der Waals surface area contributed by atoms with E-state index < -0.39 is 4.92 Å². The lowest BCUT2D eigenvalue weighted by atomic mass is 10.00. The summed E-state index contributed by atoms with van der Waals surface area (Å²) in [6, 6.07) is 11.1. The van der Waals surface area contributed by atoms with Gasteiger partial charge >= 0.3 is 0 Å². The van der Waals surface area contributed by atoms with E-state index in [0.29, 0.717) is 17.0 Å². The topological polar surface area (TPSA) is 79.0 Å². The highest BCUT2D eigenvalue weighted by molar-refractivity contribution is 5.69. The summed E-state index contributed by atoms with van der Waals surface area (Å²) in [5, 5.41) is 23.0. The molecule has 0 radical (unpaired) electrons. The Morgan fingerprint density at radius 1 is 1.39 bits per heavy atom. The number of dihydropyridines is 1. The maximum atomic E-state index is 11.1. The van der Waals surface area contributed by atoms with Crippen molar-refractivity contribution in [3.8, 4) is 6.07 Å². The molecule has 5 nitrogen and oxygen atoms in total. The molecule has 90 valence electrons. The summed E-state index contributed by atoms with van der Waals surface area (Å²) in [6.07, 6.45) is 0.0621. The van der Waals surface area contributed by atoms with Crippen LogP contribution in [0.25, 0.3) is 5.70 Å². The third kappa shape index (κ3) is 2.09. The van der Waals surface area contributed by atoms with Crippen molar-refractivity contribution in [1.29, 1.82) is 5.26 Å². The number of allylic oxidation sites excluding steroid dienone is 2. The number of nitrogens with one attached hydrogen (secondary N) is 1. The number of hydrogen-bond donors (Lipinski definition) is 1. The van der Waals surface area contributed by atoms with E-state index in [1.807, 2.05) is 24.3 Å². The monoisotopic (exact) mass is 241 g/mol. The first kappa shape index (κ1) is 11.9. The molecule has 0 saturated carbocycles. The fraction of sp³-hybridized carbons (Fsp3) is 0.154. The first-order chi connectivity index (χ1) is 8.63. The van der Waals surface area contributed by atoms with E-state index in [-0.39, 0.29) is 12.1 Å². The molecule has 1 aliphatic rings. The fourth-order valence-electron chi connectivity index (χ4n) is 1.85. The first-order valence-corrected chi connectivity index (χ1v) is 5.43. The highest BCUT2D eigenvalue weighted by atomic mass is 16.6. The summed E-state index contributed by atoms with van der Waals surface area (Å²) in [5.41, 5.74) is 2.32. The molecule has 0 saturated heterocycles. The van der Waals surface area contributed by atoms with Gasteiger partial charge in [-0.15, -0.1) is 0 Å². The summed E-state index contributed by atoms with van der Waals surface area (Å²) in [6.45, 7) is 1.75. The van der Waals surface area contributed by atoms with Crippen molar-refractivity contribution in [3.63, 3.8) is 0 Å². The molecule has 18 heavy (non-hydrogen) atoms. The van der Waals surface area contributed by atoms with Crippen LogP contribution in [0.3, 0.4) is 0 Å². The SMILES string of the molecule is CC1=C(C#N)CC([N+](=O)[O-])=C(c2ccccc2)N1. The van der Waals surface area contributed by atoms with Crippen LogP contribution in [-0.2, 0) is 0 Å². The summed E-state index contributed by atoms with van der Waals surface area (Å²) in [7, 11) is 0. The molecule has 2 rings (SSSR count). The predicted octanol–water partition coefficient (Wildman–Crippen LogP) is 2.42.